The maximum Gasteiger partial charge on any atom is 0.254 e. The van der Waals surface area contributed by atoms with Crippen LogP contribution in [0.25, 0.3) is 0 Å². The van der Waals surface area contributed by atoms with Crippen LogP contribution in [0.5, 0.6) is 0 Å². The molecule has 0 aliphatic heterocycles. The van der Waals surface area contributed by atoms with Crippen molar-refractivity contribution in [3.8, 4) is 0 Å². The second kappa shape index (κ2) is 8.96. The highest BCUT2D eigenvalue weighted by atomic mass is 32.2. The second-order valence-electron chi connectivity index (χ2n) is 6.35. The number of hydrogen-bond donors (Lipinski definition) is 2. The predicted octanol–water partition coefficient (Wildman–Crippen LogP) is 1.36. The van der Waals surface area contributed by atoms with Crippen LogP contribution in [-0.2, 0) is 14.8 Å². The van der Waals surface area contributed by atoms with E-state index in [1.165, 1.54) is 23.1 Å². The molecule has 8 heteroatoms. The average molecular weight is 369 g/mol. The fourth-order valence-corrected chi connectivity index (χ4v) is 3.52. The van der Waals surface area contributed by atoms with Crippen molar-refractivity contribution in [2.24, 2.45) is 0 Å². The zero-order valence-electron chi connectivity index (χ0n) is 15.4. The maximum absolute atomic E-state index is 12.6. The normalized spacial score (nSPS) is 11.6. The Morgan fingerprint density at radius 2 is 1.76 bits per heavy atom. The van der Waals surface area contributed by atoms with E-state index in [1.54, 1.807) is 26.8 Å². The van der Waals surface area contributed by atoms with Crippen molar-refractivity contribution in [1.29, 1.82) is 0 Å². The molecule has 0 unspecified atom stereocenters. The molecule has 25 heavy (non-hydrogen) atoms. The number of amides is 2. The quantitative estimate of drug-likeness (QED) is 0.723. The van der Waals surface area contributed by atoms with E-state index in [0.29, 0.717) is 6.54 Å². The summed E-state index contributed by atoms with van der Waals surface area (Å²) in [5.41, 5.74) is 0.228. The highest BCUT2D eigenvalue weighted by Crippen LogP contribution is 2.14. The molecule has 0 bridgehead atoms. The van der Waals surface area contributed by atoms with Crippen molar-refractivity contribution in [3.05, 3.63) is 29.8 Å². The molecule has 0 spiro atoms. The molecular formula is C17H27N3O4S. The Hall–Kier alpha value is -1.93. The van der Waals surface area contributed by atoms with E-state index in [2.05, 4.69) is 10.0 Å². The maximum atomic E-state index is 12.6. The molecule has 0 atom stereocenters. The lowest BCUT2D eigenvalue weighted by molar-refractivity contribution is -0.122. The Balaban J connectivity index is 3.01. The Morgan fingerprint density at radius 3 is 2.28 bits per heavy atom. The summed E-state index contributed by atoms with van der Waals surface area (Å²) >= 11 is 0. The van der Waals surface area contributed by atoms with E-state index in [0.717, 1.165) is 0 Å². The fraction of sp³-hybridized carbons (Fsp3) is 0.529. The van der Waals surface area contributed by atoms with Gasteiger partial charge in [0.1, 0.15) is 0 Å². The molecule has 0 heterocycles. The van der Waals surface area contributed by atoms with Crippen LogP contribution < -0.4 is 10.0 Å². The van der Waals surface area contributed by atoms with Gasteiger partial charge in [-0.3, -0.25) is 9.59 Å². The lowest BCUT2D eigenvalue weighted by Gasteiger charge is -2.21. The van der Waals surface area contributed by atoms with Crippen LogP contribution in [0.3, 0.4) is 0 Å². The molecule has 1 rings (SSSR count). The van der Waals surface area contributed by atoms with E-state index in [1.807, 2.05) is 13.8 Å². The fourth-order valence-electron chi connectivity index (χ4n) is 2.23. The number of carbonyl (C=O) groups excluding carboxylic acids is 2. The van der Waals surface area contributed by atoms with Gasteiger partial charge in [-0.05, 0) is 52.8 Å². The number of rotatable bonds is 8. The van der Waals surface area contributed by atoms with Gasteiger partial charge in [0.2, 0.25) is 15.9 Å². The first kappa shape index (κ1) is 21.1. The molecule has 0 radical (unpaired) electrons. The van der Waals surface area contributed by atoms with Gasteiger partial charge in [0.25, 0.3) is 5.91 Å². The van der Waals surface area contributed by atoms with E-state index in [-0.39, 0.29) is 40.9 Å². The SMILES string of the molecule is CCN(CC(=O)NC(C)C)C(=O)c1cccc(S(=O)(=O)NC(C)C)c1. The van der Waals surface area contributed by atoms with Crippen molar-refractivity contribution in [1.82, 2.24) is 14.9 Å². The number of nitrogens with one attached hydrogen (secondary N) is 2. The summed E-state index contributed by atoms with van der Waals surface area (Å²) in [4.78, 5) is 25.9. The van der Waals surface area contributed by atoms with Gasteiger partial charge in [-0.15, -0.1) is 0 Å². The summed E-state index contributed by atoms with van der Waals surface area (Å²) in [6, 6.07) is 5.55. The van der Waals surface area contributed by atoms with Crippen molar-refractivity contribution in [3.63, 3.8) is 0 Å². The second-order valence-corrected chi connectivity index (χ2v) is 8.06. The van der Waals surface area contributed by atoms with Crippen LogP contribution in [0.2, 0.25) is 0 Å². The average Bonchev–Trinajstić information content (AvgIpc) is 2.50. The third kappa shape index (κ3) is 6.47. The molecule has 140 valence electrons. The minimum Gasteiger partial charge on any atom is -0.352 e. The molecule has 0 saturated carbocycles. The van der Waals surface area contributed by atoms with Crippen molar-refractivity contribution >= 4 is 21.8 Å². The summed E-state index contributed by atoms with van der Waals surface area (Å²) in [5, 5.41) is 2.73. The van der Waals surface area contributed by atoms with Gasteiger partial charge >= 0.3 is 0 Å². The van der Waals surface area contributed by atoms with Crippen LogP contribution in [0.15, 0.2) is 29.2 Å². The van der Waals surface area contributed by atoms with Gasteiger partial charge in [-0.25, -0.2) is 13.1 Å². The van der Waals surface area contributed by atoms with E-state index in [4.69, 9.17) is 0 Å². The topological polar surface area (TPSA) is 95.6 Å². The van der Waals surface area contributed by atoms with Gasteiger partial charge < -0.3 is 10.2 Å². The minimum atomic E-state index is -3.69. The number of nitrogens with zero attached hydrogens (tertiary/aromatic N) is 1. The highest BCUT2D eigenvalue weighted by molar-refractivity contribution is 7.89. The highest BCUT2D eigenvalue weighted by Gasteiger charge is 2.21. The van der Waals surface area contributed by atoms with Crippen LogP contribution in [0, 0.1) is 0 Å². The lowest BCUT2D eigenvalue weighted by Crippen LogP contribution is -2.42. The van der Waals surface area contributed by atoms with E-state index in [9.17, 15) is 18.0 Å². The molecule has 0 aromatic heterocycles. The van der Waals surface area contributed by atoms with Crippen molar-refractivity contribution in [2.45, 2.75) is 51.6 Å². The van der Waals surface area contributed by atoms with Gasteiger partial charge in [0.05, 0.1) is 11.4 Å². The molecule has 7 nitrogen and oxygen atoms in total. The zero-order valence-corrected chi connectivity index (χ0v) is 16.2. The minimum absolute atomic E-state index is 0.0168. The van der Waals surface area contributed by atoms with Gasteiger partial charge in [0.15, 0.2) is 0 Å². The van der Waals surface area contributed by atoms with Crippen molar-refractivity contribution in [2.75, 3.05) is 13.1 Å². The van der Waals surface area contributed by atoms with Crippen molar-refractivity contribution < 1.29 is 18.0 Å². The summed E-state index contributed by atoms with van der Waals surface area (Å²) in [7, 11) is -3.69. The Morgan fingerprint density at radius 1 is 1.12 bits per heavy atom. The zero-order chi connectivity index (χ0) is 19.2. The molecule has 0 aliphatic carbocycles. The van der Waals surface area contributed by atoms with Gasteiger partial charge in [0, 0.05) is 24.2 Å². The number of likely N-dealkylation sites (N-methyl/N-ethyl adjacent to an activating group) is 1. The lowest BCUT2D eigenvalue weighted by atomic mass is 10.2. The third-order valence-corrected chi connectivity index (χ3v) is 4.89. The molecule has 2 amide bonds. The largest absolute Gasteiger partial charge is 0.352 e. The molecule has 0 fully saturated rings. The molecule has 0 aliphatic rings. The first-order valence-electron chi connectivity index (χ1n) is 8.27. The summed E-state index contributed by atoms with van der Waals surface area (Å²) in [6.45, 7) is 9.15. The molecule has 0 saturated heterocycles. The predicted molar refractivity (Wildman–Crippen MR) is 96.8 cm³/mol. The number of benzene rings is 1. The van der Waals surface area contributed by atoms with Gasteiger partial charge in [-0.1, -0.05) is 6.07 Å². The van der Waals surface area contributed by atoms with E-state index >= 15 is 0 Å². The first-order valence-corrected chi connectivity index (χ1v) is 9.76. The standard InChI is InChI=1S/C17H27N3O4S/c1-6-20(11-16(21)18-12(2)3)17(22)14-8-7-9-15(10-14)25(23,24)19-13(4)5/h7-10,12-13,19H,6,11H2,1-5H3,(H,18,21). The van der Waals surface area contributed by atoms with E-state index < -0.39 is 10.0 Å². The number of sulfonamides is 1. The molecule has 1 aromatic carbocycles. The molecular weight excluding hydrogens is 342 g/mol. The number of carbonyl (C=O) groups is 2. The van der Waals surface area contributed by atoms with Gasteiger partial charge in [-0.2, -0.15) is 0 Å². The van der Waals surface area contributed by atoms with Crippen LogP contribution in [-0.4, -0.2) is 50.3 Å². The van der Waals surface area contributed by atoms with Crippen LogP contribution >= 0.6 is 0 Å². The monoisotopic (exact) mass is 369 g/mol. The molecule has 1 aromatic rings. The van der Waals surface area contributed by atoms with Crippen LogP contribution in [0.4, 0.5) is 0 Å². The molecule has 2 N–H and O–H groups in total. The first-order chi connectivity index (χ1) is 11.6. The number of hydrogen-bond acceptors (Lipinski definition) is 4. The summed E-state index contributed by atoms with van der Waals surface area (Å²) < 4.78 is 27.0. The summed E-state index contributed by atoms with van der Waals surface area (Å²) in [6.07, 6.45) is 0. The smallest absolute Gasteiger partial charge is 0.254 e. The Labute approximate surface area is 149 Å². The van der Waals surface area contributed by atoms with Crippen LogP contribution in [0.1, 0.15) is 45.0 Å². The Bertz CT molecular complexity index is 714. The summed E-state index contributed by atoms with van der Waals surface area (Å²) in [5.74, 6) is -0.640. The third-order valence-electron chi connectivity index (χ3n) is 3.24. The Kier molecular flexibility index (Phi) is 7.57.